The first kappa shape index (κ1) is 18.3. The van der Waals surface area contributed by atoms with E-state index in [-0.39, 0.29) is 11.5 Å². The number of hydrogen-bond acceptors (Lipinski definition) is 7. The maximum absolute atomic E-state index is 13.3. The van der Waals surface area contributed by atoms with Crippen LogP contribution in [-0.4, -0.2) is 40.3 Å². The Labute approximate surface area is 163 Å². The molecule has 28 heavy (non-hydrogen) atoms. The number of rotatable bonds is 3. The monoisotopic (exact) mass is 383 g/mol. The van der Waals surface area contributed by atoms with Gasteiger partial charge in [-0.1, -0.05) is 6.42 Å². The molecular weight excluding hydrogens is 358 g/mol. The third kappa shape index (κ3) is 2.87. The van der Waals surface area contributed by atoms with Gasteiger partial charge in [-0.25, -0.2) is 14.6 Å². The Kier molecular flexibility index (Phi) is 4.44. The minimum Gasteiger partial charge on any atom is -0.373 e. The van der Waals surface area contributed by atoms with Gasteiger partial charge < -0.3 is 16.0 Å². The van der Waals surface area contributed by atoms with Gasteiger partial charge in [0.1, 0.15) is 35.0 Å². The molecule has 0 bridgehead atoms. The summed E-state index contributed by atoms with van der Waals surface area (Å²) in [7, 11) is 3.64. The van der Waals surface area contributed by atoms with Crippen LogP contribution in [0.2, 0.25) is 0 Å². The fraction of sp³-hybridized carbons (Fsp3) is 0.474. The Hall–Kier alpha value is -3.10. The number of aryl methyl sites for hydroxylation is 1. The third-order valence-electron chi connectivity index (χ3n) is 5.72. The van der Waals surface area contributed by atoms with Crippen LogP contribution in [0.5, 0.6) is 0 Å². The molecular formula is C19H25N7O2. The van der Waals surface area contributed by atoms with Crippen molar-refractivity contribution in [3.63, 3.8) is 0 Å². The second kappa shape index (κ2) is 6.81. The number of anilines is 3. The first-order valence-corrected chi connectivity index (χ1v) is 9.55. The highest BCUT2D eigenvalue weighted by atomic mass is 16.2. The molecule has 0 aromatic carbocycles. The Morgan fingerprint density at radius 2 is 1.82 bits per heavy atom. The van der Waals surface area contributed by atoms with Crippen molar-refractivity contribution in [2.75, 3.05) is 29.7 Å². The zero-order chi connectivity index (χ0) is 19.9. The second-order valence-corrected chi connectivity index (χ2v) is 7.44. The molecule has 1 fully saturated rings. The van der Waals surface area contributed by atoms with Gasteiger partial charge in [0.05, 0.1) is 0 Å². The van der Waals surface area contributed by atoms with Crippen molar-refractivity contribution >= 4 is 23.2 Å². The lowest BCUT2D eigenvalue weighted by molar-refractivity contribution is 0.0773. The smallest absolute Gasteiger partial charge is 0.293 e. The number of hydrogen-bond donors (Lipinski definition) is 3. The second-order valence-electron chi connectivity index (χ2n) is 7.44. The van der Waals surface area contributed by atoms with E-state index in [1.807, 2.05) is 19.0 Å². The van der Waals surface area contributed by atoms with E-state index < -0.39 is 5.66 Å². The van der Waals surface area contributed by atoms with E-state index in [1.54, 1.807) is 19.2 Å². The van der Waals surface area contributed by atoms with E-state index in [0.29, 0.717) is 23.0 Å². The van der Waals surface area contributed by atoms with Crippen LogP contribution < -0.4 is 26.5 Å². The quantitative estimate of drug-likeness (QED) is 0.741. The molecule has 2 aromatic heterocycles. The van der Waals surface area contributed by atoms with Crippen molar-refractivity contribution < 1.29 is 4.79 Å². The standard InChI is InChI=1S/C19H25N7O2/c1-12-9-13(23-15-10-14(20-2)21-11-22-15)18(28)26-16(12)17(27)24-19(25(26)3)7-5-4-6-8-19/h9-11H,4-8H2,1-3H3,(H,24,27)(H2,20,21,22,23). The van der Waals surface area contributed by atoms with Crippen LogP contribution in [0, 0.1) is 6.92 Å². The molecule has 0 atom stereocenters. The number of pyridine rings is 1. The molecule has 1 spiro atoms. The van der Waals surface area contributed by atoms with Crippen LogP contribution in [0.4, 0.5) is 17.3 Å². The summed E-state index contributed by atoms with van der Waals surface area (Å²) in [6, 6.07) is 3.42. The van der Waals surface area contributed by atoms with Crippen LogP contribution in [0.15, 0.2) is 23.3 Å². The highest BCUT2D eigenvalue weighted by Gasteiger charge is 2.44. The first-order valence-electron chi connectivity index (χ1n) is 9.55. The van der Waals surface area contributed by atoms with Crippen molar-refractivity contribution in [1.29, 1.82) is 0 Å². The van der Waals surface area contributed by atoms with Gasteiger partial charge in [0.2, 0.25) is 0 Å². The SMILES string of the molecule is CNc1cc(Nc2cc(C)c3n(c2=O)N(C)C2(CCCCC2)NC3=O)ncn1. The van der Waals surface area contributed by atoms with Crippen LogP contribution in [0.1, 0.15) is 48.2 Å². The predicted octanol–water partition coefficient (Wildman–Crippen LogP) is 1.70. The van der Waals surface area contributed by atoms with E-state index >= 15 is 0 Å². The van der Waals surface area contributed by atoms with E-state index in [9.17, 15) is 9.59 Å². The van der Waals surface area contributed by atoms with Gasteiger partial charge in [0.15, 0.2) is 0 Å². The average molecular weight is 383 g/mol. The van der Waals surface area contributed by atoms with E-state index in [1.165, 1.54) is 11.0 Å². The Balaban J connectivity index is 1.79. The summed E-state index contributed by atoms with van der Waals surface area (Å²) in [5, 5.41) is 11.1. The number of amides is 1. The zero-order valence-corrected chi connectivity index (χ0v) is 16.4. The van der Waals surface area contributed by atoms with E-state index in [2.05, 4.69) is 25.9 Å². The van der Waals surface area contributed by atoms with E-state index in [4.69, 9.17) is 0 Å². The molecule has 2 aliphatic rings. The van der Waals surface area contributed by atoms with Gasteiger partial charge in [-0.3, -0.25) is 14.6 Å². The molecule has 148 valence electrons. The molecule has 3 heterocycles. The van der Waals surface area contributed by atoms with E-state index in [0.717, 1.165) is 37.7 Å². The molecule has 0 saturated heterocycles. The molecule has 1 aliphatic carbocycles. The van der Waals surface area contributed by atoms with Crippen molar-refractivity contribution in [1.82, 2.24) is 20.0 Å². The van der Waals surface area contributed by atoms with Crippen LogP contribution >= 0.6 is 0 Å². The number of nitrogens with zero attached hydrogens (tertiary/aromatic N) is 4. The maximum atomic E-state index is 13.3. The number of nitrogens with one attached hydrogen (secondary N) is 3. The Morgan fingerprint density at radius 3 is 2.54 bits per heavy atom. The Morgan fingerprint density at radius 1 is 1.11 bits per heavy atom. The summed E-state index contributed by atoms with van der Waals surface area (Å²) >= 11 is 0. The molecule has 4 rings (SSSR count). The fourth-order valence-electron chi connectivity index (χ4n) is 4.21. The summed E-state index contributed by atoms with van der Waals surface area (Å²) < 4.78 is 1.52. The molecule has 0 unspecified atom stereocenters. The largest absolute Gasteiger partial charge is 0.373 e. The summed E-state index contributed by atoms with van der Waals surface area (Å²) in [6.07, 6.45) is 6.28. The third-order valence-corrected chi connectivity index (χ3v) is 5.72. The highest BCUT2D eigenvalue weighted by molar-refractivity contribution is 5.96. The number of fused-ring (bicyclic) bond motifs is 1. The van der Waals surface area contributed by atoms with Crippen LogP contribution in [0.25, 0.3) is 0 Å². The topological polar surface area (TPSA) is 104 Å². The number of carbonyl (C=O) groups is 1. The average Bonchev–Trinajstić information content (AvgIpc) is 2.69. The molecule has 2 aromatic rings. The highest BCUT2D eigenvalue weighted by Crippen LogP contribution is 2.33. The predicted molar refractivity (Wildman–Crippen MR) is 108 cm³/mol. The minimum absolute atomic E-state index is 0.194. The van der Waals surface area contributed by atoms with Gasteiger partial charge in [-0.15, -0.1) is 0 Å². The lowest BCUT2D eigenvalue weighted by atomic mass is 9.87. The minimum atomic E-state index is -0.508. The summed E-state index contributed by atoms with van der Waals surface area (Å²) in [5.74, 6) is 0.956. The van der Waals surface area contributed by atoms with Crippen molar-refractivity contribution in [3.8, 4) is 0 Å². The molecule has 9 nitrogen and oxygen atoms in total. The summed E-state index contributed by atoms with van der Waals surface area (Å²) in [4.78, 5) is 34.5. The zero-order valence-electron chi connectivity index (χ0n) is 16.4. The molecule has 1 amide bonds. The van der Waals surface area contributed by atoms with Gasteiger partial charge in [-0.05, 0) is 44.2 Å². The summed E-state index contributed by atoms with van der Waals surface area (Å²) in [6.45, 7) is 1.84. The number of aromatic nitrogens is 3. The van der Waals surface area contributed by atoms with Gasteiger partial charge in [0.25, 0.3) is 11.5 Å². The number of carbonyl (C=O) groups excluding carboxylic acids is 1. The fourth-order valence-corrected chi connectivity index (χ4v) is 4.21. The van der Waals surface area contributed by atoms with Crippen molar-refractivity contribution in [3.05, 3.63) is 40.1 Å². The first-order chi connectivity index (χ1) is 13.4. The lowest BCUT2D eigenvalue weighted by Gasteiger charge is -2.50. The normalized spacial score (nSPS) is 17.8. The summed E-state index contributed by atoms with van der Waals surface area (Å²) in [5.41, 5.74) is 0.695. The molecule has 9 heteroatoms. The van der Waals surface area contributed by atoms with Crippen molar-refractivity contribution in [2.45, 2.75) is 44.7 Å². The van der Waals surface area contributed by atoms with Gasteiger partial charge in [0, 0.05) is 20.2 Å². The van der Waals surface area contributed by atoms with Crippen LogP contribution in [-0.2, 0) is 0 Å². The molecule has 1 aliphatic heterocycles. The Bertz CT molecular complexity index is 979. The molecule has 1 saturated carbocycles. The van der Waals surface area contributed by atoms with Crippen LogP contribution in [0.3, 0.4) is 0 Å². The van der Waals surface area contributed by atoms with Crippen molar-refractivity contribution in [2.24, 2.45) is 0 Å². The molecule has 0 radical (unpaired) electrons. The molecule has 3 N–H and O–H groups in total. The van der Waals surface area contributed by atoms with Gasteiger partial charge >= 0.3 is 0 Å². The maximum Gasteiger partial charge on any atom is 0.293 e. The lowest BCUT2D eigenvalue weighted by Crippen LogP contribution is -2.70. The van der Waals surface area contributed by atoms with Gasteiger partial charge in [-0.2, -0.15) is 0 Å².